The van der Waals surface area contributed by atoms with E-state index in [2.05, 4.69) is 10.6 Å². The number of anilines is 1. The van der Waals surface area contributed by atoms with Crippen molar-refractivity contribution in [2.24, 2.45) is 5.73 Å². The van der Waals surface area contributed by atoms with Crippen LogP contribution in [0.3, 0.4) is 0 Å². The molecule has 1 heterocycles. The molecule has 4 N–H and O–H groups in total. The van der Waals surface area contributed by atoms with Crippen LogP contribution in [0.4, 0.5) is 10.5 Å². The molecule has 9 heteroatoms. The third-order valence-electron chi connectivity index (χ3n) is 7.03. The molecule has 3 aromatic carbocycles. The molecular weight excluding hydrogens is 532 g/mol. The molecule has 4 rings (SSSR count). The second-order valence-corrected chi connectivity index (χ2v) is 12.0. The molecule has 1 atom stereocenters. The van der Waals surface area contributed by atoms with Crippen molar-refractivity contribution in [2.75, 3.05) is 4.90 Å². The molecule has 0 spiro atoms. The zero-order valence-electron chi connectivity index (χ0n) is 24.7. The number of benzene rings is 3. The van der Waals surface area contributed by atoms with Crippen LogP contribution in [0.15, 0.2) is 72.8 Å². The molecule has 0 saturated heterocycles. The number of amides is 4. The van der Waals surface area contributed by atoms with Gasteiger partial charge in [-0.25, -0.2) is 4.79 Å². The van der Waals surface area contributed by atoms with E-state index in [4.69, 9.17) is 10.5 Å². The minimum absolute atomic E-state index is 0.246. The Kier molecular flexibility index (Phi) is 8.70. The van der Waals surface area contributed by atoms with Gasteiger partial charge < -0.3 is 26.0 Å². The quantitative estimate of drug-likeness (QED) is 0.378. The standard InChI is InChI=1S/C33H38N4O5/c1-32(2,3)42-31(41)36-33(4,5)30(40)35-26-19-18-23-10-6-9-13-27(23)37(29(26)39)20-21-14-16-22(17-15-21)24-11-7-8-12-25(24)28(34)38/h6-17,26H,18-20H2,1-5H3,(H2,34,38)(H,35,40)(H,36,41). The van der Waals surface area contributed by atoms with Crippen LogP contribution in [0.2, 0.25) is 0 Å². The Bertz CT molecular complexity index is 1490. The Hall–Kier alpha value is -4.66. The Morgan fingerprint density at radius 3 is 2.24 bits per heavy atom. The van der Waals surface area contributed by atoms with Crippen molar-refractivity contribution in [2.45, 2.75) is 71.2 Å². The molecule has 0 aliphatic carbocycles. The maximum atomic E-state index is 13.9. The highest BCUT2D eigenvalue weighted by molar-refractivity contribution is 6.02. The van der Waals surface area contributed by atoms with Gasteiger partial charge in [0.05, 0.1) is 6.54 Å². The lowest BCUT2D eigenvalue weighted by Crippen LogP contribution is -2.59. The minimum atomic E-state index is -1.32. The fourth-order valence-electron chi connectivity index (χ4n) is 4.89. The van der Waals surface area contributed by atoms with Crippen molar-refractivity contribution in [1.29, 1.82) is 0 Å². The molecular formula is C33H38N4O5. The van der Waals surface area contributed by atoms with E-state index in [1.165, 1.54) is 0 Å². The lowest BCUT2D eigenvalue weighted by Gasteiger charge is -2.31. The van der Waals surface area contributed by atoms with Crippen molar-refractivity contribution in [3.8, 4) is 11.1 Å². The van der Waals surface area contributed by atoms with Gasteiger partial charge in [0.25, 0.3) is 0 Å². The molecule has 4 amide bonds. The van der Waals surface area contributed by atoms with Crippen LogP contribution < -0.4 is 21.3 Å². The third-order valence-corrected chi connectivity index (χ3v) is 7.03. The van der Waals surface area contributed by atoms with Crippen molar-refractivity contribution < 1.29 is 23.9 Å². The van der Waals surface area contributed by atoms with Crippen LogP contribution in [0.5, 0.6) is 0 Å². The summed E-state index contributed by atoms with van der Waals surface area (Å²) >= 11 is 0. The monoisotopic (exact) mass is 570 g/mol. The van der Waals surface area contributed by atoms with Gasteiger partial charge in [0.15, 0.2) is 0 Å². The van der Waals surface area contributed by atoms with Gasteiger partial charge >= 0.3 is 6.09 Å². The molecule has 220 valence electrons. The summed E-state index contributed by atoms with van der Waals surface area (Å²) in [5.41, 5.74) is 8.19. The van der Waals surface area contributed by atoms with Gasteiger partial charge in [-0.2, -0.15) is 0 Å². The van der Waals surface area contributed by atoms with Crippen LogP contribution >= 0.6 is 0 Å². The Morgan fingerprint density at radius 2 is 1.57 bits per heavy atom. The Balaban J connectivity index is 1.55. The summed E-state index contributed by atoms with van der Waals surface area (Å²) in [5.74, 6) is -1.24. The summed E-state index contributed by atoms with van der Waals surface area (Å²) < 4.78 is 5.31. The normalized spacial score (nSPS) is 15.3. The summed E-state index contributed by atoms with van der Waals surface area (Å²) in [6.45, 7) is 8.63. The Labute approximate surface area is 246 Å². The largest absolute Gasteiger partial charge is 0.444 e. The Morgan fingerprint density at radius 1 is 0.929 bits per heavy atom. The third kappa shape index (κ3) is 7.15. The topological polar surface area (TPSA) is 131 Å². The second-order valence-electron chi connectivity index (χ2n) is 12.0. The van der Waals surface area contributed by atoms with Gasteiger partial charge in [-0.15, -0.1) is 0 Å². The highest BCUT2D eigenvalue weighted by Crippen LogP contribution is 2.30. The van der Waals surface area contributed by atoms with E-state index in [0.717, 1.165) is 27.9 Å². The number of aryl methyl sites for hydroxylation is 1. The number of nitrogens with zero attached hydrogens (tertiary/aromatic N) is 1. The molecule has 0 saturated carbocycles. The van der Waals surface area contributed by atoms with Gasteiger partial charge in [-0.1, -0.05) is 60.7 Å². The lowest BCUT2D eigenvalue weighted by molar-refractivity contribution is -0.131. The maximum Gasteiger partial charge on any atom is 0.408 e. The van der Waals surface area contributed by atoms with Crippen molar-refractivity contribution in [3.63, 3.8) is 0 Å². The van der Waals surface area contributed by atoms with E-state index in [-0.39, 0.29) is 12.5 Å². The van der Waals surface area contributed by atoms with Crippen molar-refractivity contribution >= 4 is 29.5 Å². The van der Waals surface area contributed by atoms with E-state index >= 15 is 0 Å². The maximum absolute atomic E-state index is 13.9. The number of ether oxygens (including phenoxy) is 1. The van der Waals surface area contributed by atoms with Crippen molar-refractivity contribution in [3.05, 3.63) is 89.5 Å². The highest BCUT2D eigenvalue weighted by Gasteiger charge is 2.37. The van der Waals surface area contributed by atoms with Crippen molar-refractivity contribution in [1.82, 2.24) is 10.6 Å². The molecule has 1 aliphatic heterocycles. The number of hydrogen-bond acceptors (Lipinski definition) is 5. The number of fused-ring (bicyclic) bond motifs is 1. The SMILES string of the molecule is CC(C)(C)OC(=O)NC(C)(C)C(=O)NC1CCc2ccccc2N(Cc2ccc(-c3ccccc3C(N)=O)cc2)C1=O. The van der Waals surface area contributed by atoms with Crippen LogP contribution in [-0.2, 0) is 27.3 Å². The zero-order valence-corrected chi connectivity index (χ0v) is 24.7. The summed E-state index contributed by atoms with van der Waals surface area (Å²) in [5, 5.41) is 5.47. The average molecular weight is 571 g/mol. The summed E-state index contributed by atoms with van der Waals surface area (Å²) in [4.78, 5) is 53.2. The van der Waals surface area contributed by atoms with Crippen LogP contribution in [0, 0.1) is 0 Å². The first-order valence-corrected chi connectivity index (χ1v) is 13.9. The molecule has 0 aromatic heterocycles. The number of carbonyl (C=O) groups is 4. The fourth-order valence-corrected chi connectivity index (χ4v) is 4.89. The summed E-state index contributed by atoms with van der Waals surface area (Å²) in [7, 11) is 0. The average Bonchev–Trinajstić information content (AvgIpc) is 3.04. The smallest absolute Gasteiger partial charge is 0.408 e. The number of primary amides is 1. The van der Waals surface area contributed by atoms with Crippen LogP contribution in [-0.4, -0.2) is 41.0 Å². The highest BCUT2D eigenvalue weighted by atomic mass is 16.6. The van der Waals surface area contributed by atoms with Gasteiger partial charge in [-0.3, -0.25) is 14.4 Å². The van der Waals surface area contributed by atoms with E-state index in [9.17, 15) is 19.2 Å². The molecule has 9 nitrogen and oxygen atoms in total. The van der Waals surface area contributed by atoms with Crippen LogP contribution in [0.1, 0.15) is 62.5 Å². The molecule has 0 radical (unpaired) electrons. The predicted molar refractivity (Wildman–Crippen MR) is 162 cm³/mol. The van der Waals surface area contributed by atoms with E-state index < -0.39 is 35.1 Å². The van der Waals surface area contributed by atoms with Gasteiger partial charge in [0.1, 0.15) is 17.2 Å². The van der Waals surface area contributed by atoms with E-state index in [1.54, 1.807) is 51.7 Å². The number of rotatable bonds is 7. The van der Waals surface area contributed by atoms with Crippen LogP contribution in [0.25, 0.3) is 11.1 Å². The molecule has 3 aromatic rings. The first-order valence-electron chi connectivity index (χ1n) is 13.9. The lowest BCUT2D eigenvalue weighted by atomic mass is 9.98. The van der Waals surface area contributed by atoms with E-state index in [1.807, 2.05) is 60.7 Å². The number of para-hydroxylation sites is 1. The van der Waals surface area contributed by atoms with E-state index in [0.29, 0.717) is 18.4 Å². The number of nitrogens with two attached hydrogens (primary N) is 1. The second kappa shape index (κ2) is 12.1. The predicted octanol–water partition coefficient (Wildman–Crippen LogP) is 4.72. The summed E-state index contributed by atoms with van der Waals surface area (Å²) in [6.07, 6.45) is 0.279. The first kappa shape index (κ1) is 30.3. The minimum Gasteiger partial charge on any atom is -0.444 e. The summed E-state index contributed by atoms with van der Waals surface area (Å²) in [6, 6.07) is 21.7. The van der Waals surface area contributed by atoms with Gasteiger partial charge in [0.2, 0.25) is 17.7 Å². The molecule has 1 unspecified atom stereocenters. The number of alkyl carbamates (subject to hydrolysis) is 1. The van der Waals surface area contributed by atoms with Gasteiger partial charge in [-0.05, 0) is 81.8 Å². The fraction of sp³-hybridized carbons (Fsp3) is 0.333. The zero-order chi connectivity index (χ0) is 30.7. The van der Waals surface area contributed by atoms with Gasteiger partial charge in [0, 0.05) is 11.3 Å². The first-order chi connectivity index (χ1) is 19.7. The number of carbonyl (C=O) groups excluding carboxylic acids is 4. The molecule has 0 bridgehead atoms. The number of hydrogen-bond donors (Lipinski definition) is 3. The number of nitrogens with one attached hydrogen (secondary N) is 2. The molecule has 0 fully saturated rings. The molecule has 1 aliphatic rings. The molecule has 42 heavy (non-hydrogen) atoms.